The third kappa shape index (κ3) is 3.37. The van der Waals surface area contributed by atoms with Crippen molar-refractivity contribution >= 4 is 10.9 Å². The molecule has 0 bridgehead atoms. The molecule has 2 aliphatic rings. The van der Waals surface area contributed by atoms with Gasteiger partial charge in [0.05, 0.1) is 35.7 Å². The van der Waals surface area contributed by atoms with Crippen LogP contribution < -0.4 is 5.56 Å². The van der Waals surface area contributed by atoms with Gasteiger partial charge in [-0.1, -0.05) is 11.8 Å². The van der Waals surface area contributed by atoms with Crippen LogP contribution in [0, 0.1) is 23.2 Å². The van der Waals surface area contributed by atoms with Crippen molar-refractivity contribution in [3.05, 3.63) is 75.3 Å². The molecule has 1 aromatic heterocycles. The van der Waals surface area contributed by atoms with Crippen LogP contribution in [0.15, 0.2) is 47.3 Å². The first-order chi connectivity index (χ1) is 14.7. The molecule has 148 valence electrons. The SMILES string of the molecule is N#Cc1ccc(C#Cc2ccc3c(=O)n4c(nc3c2)CCC2(CC4)OCCO2)cc1. The highest BCUT2D eigenvalue weighted by Gasteiger charge is 2.38. The quantitative estimate of drug-likeness (QED) is 0.545. The number of nitrogens with zero attached hydrogens (tertiary/aromatic N) is 3. The molecule has 3 heterocycles. The Hall–Kier alpha value is -3.45. The summed E-state index contributed by atoms with van der Waals surface area (Å²) in [7, 11) is 0. The van der Waals surface area contributed by atoms with Crippen molar-refractivity contribution in [1.82, 2.24) is 9.55 Å². The predicted octanol–water partition coefficient (Wildman–Crippen LogP) is 2.75. The maximum atomic E-state index is 13.1. The van der Waals surface area contributed by atoms with Crippen LogP contribution >= 0.6 is 0 Å². The average Bonchev–Trinajstić information content (AvgIpc) is 3.17. The van der Waals surface area contributed by atoms with Crippen LogP contribution in [0.5, 0.6) is 0 Å². The van der Waals surface area contributed by atoms with E-state index < -0.39 is 5.79 Å². The molecule has 3 aromatic rings. The molecule has 1 spiro atoms. The summed E-state index contributed by atoms with van der Waals surface area (Å²) in [5, 5.41) is 9.48. The van der Waals surface area contributed by atoms with Crippen LogP contribution in [0.3, 0.4) is 0 Å². The summed E-state index contributed by atoms with van der Waals surface area (Å²) in [5.41, 5.74) is 2.84. The molecule has 0 saturated carbocycles. The van der Waals surface area contributed by atoms with Gasteiger partial charge in [-0.2, -0.15) is 5.26 Å². The van der Waals surface area contributed by atoms with Crippen LogP contribution in [-0.4, -0.2) is 28.6 Å². The highest BCUT2D eigenvalue weighted by molar-refractivity contribution is 5.79. The third-order valence-electron chi connectivity index (χ3n) is 5.66. The van der Waals surface area contributed by atoms with E-state index >= 15 is 0 Å². The molecule has 30 heavy (non-hydrogen) atoms. The zero-order valence-electron chi connectivity index (χ0n) is 16.4. The molecule has 1 saturated heterocycles. The molecule has 2 aromatic carbocycles. The Morgan fingerprint density at radius 1 is 0.967 bits per heavy atom. The number of aryl methyl sites for hydroxylation is 1. The lowest BCUT2D eigenvalue weighted by molar-refractivity contribution is -0.165. The van der Waals surface area contributed by atoms with Crippen LogP contribution in [0.2, 0.25) is 0 Å². The first-order valence-corrected chi connectivity index (χ1v) is 9.99. The zero-order chi connectivity index (χ0) is 20.6. The molecule has 1 fully saturated rings. The molecule has 0 aliphatic carbocycles. The number of ether oxygens (including phenoxy) is 2. The van der Waals surface area contributed by atoms with Crippen molar-refractivity contribution in [3.8, 4) is 17.9 Å². The van der Waals surface area contributed by atoms with Crippen LogP contribution in [0.4, 0.5) is 0 Å². The summed E-state index contributed by atoms with van der Waals surface area (Å²) in [6, 6.07) is 14.7. The van der Waals surface area contributed by atoms with E-state index in [4.69, 9.17) is 19.7 Å². The minimum absolute atomic E-state index is 0.0309. The van der Waals surface area contributed by atoms with Crippen molar-refractivity contribution in [2.75, 3.05) is 13.2 Å². The first kappa shape index (κ1) is 18.6. The Labute approximate surface area is 173 Å². The largest absolute Gasteiger partial charge is 0.347 e. The van der Waals surface area contributed by atoms with Crippen LogP contribution in [-0.2, 0) is 22.4 Å². The van der Waals surface area contributed by atoms with Gasteiger partial charge in [0, 0.05) is 36.9 Å². The summed E-state index contributed by atoms with van der Waals surface area (Å²) in [5.74, 6) is 6.40. The molecular weight excluding hydrogens is 378 g/mol. The lowest BCUT2D eigenvalue weighted by Crippen LogP contribution is -2.31. The van der Waals surface area contributed by atoms with Crippen molar-refractivity contribution in [3.63, 3.8) is 0 Å². The maximum absolute atomic E-state index is 13.1. The van der Waals surface area contributed by atoms with Gasteiger partial charge < -0.3 is 9.47 Å². The number of nitriles is 1. The lowest BCUT2D eigenvalue weighted by atomic mass is 10.1. The van der Waals surface area contributed by atoms with E-state index in [0.29, 0.717) is 55.5 Å². The Bertz CT molecular complexity index is 1280. The van der Waals surface area contributed by atoms with Gasteiger partial charge in [-0.3, -0.25) is 9.36 Å². The Morgan fingerprint density at radius 3 is 2.43 bits per heavy atom. The third-order valence-corrected chi connectivity index (χ3v) is 5.66. The second-order valence-corrected chi connectivity index (χ2v) is 7.51. The highest BCUT2D eigenvalue weighted by Crippen LogP contribution is 2.31. The van der Waals surface area contributed by atoms with Gasteiger partial charge in [-0.05, 0) is 42.5 Å². The zero-order valence-corrected chi connectivity index (χ0v) is 16.4. The number of benzene rings is 2. The molecule has 6 nitrogen and oxygen atoms in total. The van der Waals surface area contributed by atoms with Gasteiger partial charge in [0.15, 0.2) is 5.79 Å². The lowest BCUT2D eigenvalue weighted by Gasteiger charge is -2.24. The molecule has 0 N–H and O–H groups in total. The summed E-state index contributed by atoms with van der Waals surface area (Å²) < 4.78 is 13.4. The molecule has 6 heteroatoms. The number of aromatic nitrogens is 2. The van der Waals surface area contributed by atoms with E-state index in [2.05, 4.69) is 17.9 Å². The van der Waals surface area contributed by atoms with E-state index in [9.17, 15) is 4.79 Å². The van der Waals surface area contributed by atoms with Crippen LogP contribution in [0.25, 0.3) is 10.9 Å². The van der Waals surface area contributed by atoms with Gasteiger partial charge in [-0.15, -0.1) is 0 Å². The fraction of sp³-hybridized carbons (Fsp3) is 0.292. The molecule has 0 unspecified atom stereocenters. The fourth-order valence-corrected chi connectivity index (χ4v) is 4.03. The number of fused-ring (bicyclic) bond motifs is 2. The summed E-state index contributed by atoms with van der Waals surface area (Å²) in [6.07, 6.45) is 1.98. The van der Waals surface area contributed by atoms with Gasteiger partial charge in [-0.25, -0.2) is 4.98 Å². The minimum atomic E-state index is -0.579. The van der Waals surface area contributed by atoms with E-state index in [1.807, 2.05) is 24.3 Å². The van der Waals surface area contributed by atoms with Gasteiger partial charge in [0.25, 0.3) is 5.56 Å². The second kappa shape index (κ2) is 7.42. The number of rotatable bonds is 0. The van der Waals surface area contributed by atoms with Gasteiger partial charge >= 0.3 is 0 Å². The smallest absolute Gasteiger partial charge is 0.261 e. The van der Waals surface area contributed by atoms with Crippen molar-refractivity contribution < 1.29 is 9.47 Å². The fourth-order valence-electron chi connectivity index (χ4n) is 4.03. The minimum Gasteiger partial charge on any atom is -0.347 e. The summed E-state index contributed by atoms with van der Waals surface area (Å²) in [6.45, 7) is 1.74. The Morgan fingerprint density at radius 2 is 1.67 bits per heavy atom. The number of hydrogen-bond acceptors (Lipinski definition) is 5. The molecule has 0 amide bonds. The molecule has 0 atom stereocenters. The summed E-state index contributed by atoms with van der Waals surface area (Å²) in [4.78, 5) is 17.8. The summed E-state index contributed by atoms with van der Waals surface area (Å²) >= 11 is 0. The molecule has 0 radical (unpaired) electrons. The predicted molar refractivity (Wildman–Crippen MR) is 111 cm³/mol. The Balaban J connectivity index is 1.48. The van der Waals surface area contributed by atoms with Crippen molar-refractivity contribution in [1.29, 1.82) is 5.26 Å². The van der Waals surface area contributed by atoms with E-state index in [-0.39, 0.29) is 5.56 Å². The highest BCUT2D eigenvalue weighted by atomic mass is 16.7. The van der Waals surface area contributed by atoms with Crippen molar-refractivity contribution in [2.45, 2.75) is 31.6 Å². The van der Waals surface area contributed by atoms with Crippen LogP contribution in [0.1, 0.15) is 35.4 Å². The van der Waals surface area contributed by atoms with E-state index in [1.165, 1.54) is 0 Å². The second-order valence-electron chi connectivity index (χ2n) is 7.51. The topological polar surface area (TPSA) is 77.1 Å². The standard InChI is InChI=1S/C24H19N3O3/c25-16-19-5-2-17(3-6-19)1-4-18-7-8-20-21(15-18)26-22-9-10-24(29-13-14-30-24)11-12-27(22)23(20)28/h2-3,5-8,15H,9-14H2. The first-order valence-electron chi connectivity index (χ1n) is 9.99. The molecule has 2 aliphatic heterocycles. The monoisotopic (exact) mass is 397 g/mol. The number of hydrogen-bond donors (Lipinski definition) is 0. The average molecular weight is 397 g/mol. The van der Waals surface area contributed by atoms with E-state index in [1.54, 1.807) is 22.8 Å². The van der Waals surface area contributed by atoms with Gasteiger partial charge in [0.2, 0.25) is 0 Å². The maximum Gasteiger partial charge on any atom is 0.261 e. The Kier molecular flexibility index (Phi) is 4.59. The molecule has 5 rings (SSSR count). The molecular formula is C24H19N3O3. The van der Waals surface area contributed by atoms with Gasteiger partial charge in [0.1, 0.15) is 5.82 Å². The van der Waals surface area contributed by atoms with E-state index in [0.717, 1.165) is 17.0 Å². The normalized spacial score (nSPS) is 17.0. The van der Waals surface area contributed by atoms with Crippen molar-refractivity contribution in [2.24, 2.45) is 0 Å².